The van der Waals surface area contributed by atoms with Gasteiger partial charge in [-0.2, -0.15) is 0 Å². The molecule has 0 saturated heterocycles. The molecular weight excluding hydrogens is 184 g/mol. The van der Waals surface area contributed by atoms with Crippen molar-refractivity contribution in [2.45, 2.75) is 40.0 Å². The molecule has 0 radical (unpaired) electrons. The molecule has 0 aromatic heterocycles. The van der Waals surface area contributed by atoms with Crippen LogP contribution in [0.25, 0.3) is 0 Å². The molecule has 1 nitrogen and oxygen atoms in total. The van der Waals surface area contributed by atoms with Gasteiger partial charge in [-0.3, -0.25) is 4.79 Å². The highest BCUT2D eigenvalue weighted by Crippen LogP contribution is 2.61. The molecule has 82 valence electrons. The summed E-state index contributed by atoms with van der Waals surface area (Å²) in [5.41, 5.74) is 1.79. The molecule has 0 spiro atoms. The van der Waals surface area contributed by atoms with Gasteiger partial charge >= 0.3 is 0 Å². The third-order valence-corrected chi connectivity index (χ3v) is 4.13. The molecule has 15 heavy (non-hydrogen) atoms. The van der Waals surface area contributed by atoms with E-state index in [1.165, 1.54) is 12.0 Å². The van der Waals surface area contributed by atoms with Crippen LogP contribution in [0, 0.1) is 17.3 Å². The van der Waals surface area contributed by atoms with Crippen molar-refractivity contribution in [1.29, 1.82) is 0 Å². The number of hydrogen-bond donors (Lipinski definition) is 0. The molecule has 2 aliphatic carbocycles. The van der Waals surface area contributed by atoms with Gasteiger partial charge in [0, 0.05) is 6.42 Å². The first-order valence-corrected chi connectivity index (χ1v) is 5.88. The molecule has 2 rings (SSSR count). The minimum atomic E-state index is 0.248. The summed E-state index contributed by atoms with van der Waals surface area (Å²) in [7, 11) is 0. The molecule has 0 aromatic rings. The predicted molar refractivity (Wildman–Crippen MR) is 62.5 cm³/mol. The lowest BCUT2D eigenvalue weighted by atomic mass is 10.0. The minimum Gasteiger partial charge on any atom is -0.295 e. The van der Waals surface area contributed by atoms with E-state index in [1.807, 2.05) is 0 Å². The molecule has 0 amide bonds. The zero-order chi connectivity index (χ0) is 11.1. The summed E-state index contributed by atoms with van der Waals surface area (Å²) in [5.74, 6) is 1.66. The summed E-state index contributed by atoms with van der Waals surface area (Å²) in [6.45, 7) is 6.77. The highest BCUT2D eigenvalue weighted by atomic mass is 16.1. The van der Waals surface area contributed by atoms with Gasteiger partial charge in [0.15, 0.2) is 5.78 Å². The minimum absolute atomic E-state index is 0.248. The zero-order valence-electron chi connectivity index (χ0n) is 9.92. The van der Waals surface area contributed by atoms with Crippen LogP contribution in [0.2, 0.25) is 0 Å². The molecule has 0 aliphatic heterocycles. The highest BCUT2D eigenvalue weighted by Gasteiger charge is 2.55. The standard InChI is InChI=1S/C14H20O/c1-10-4-6-11(15)7-9-13-12(8-5-10)14(13,2)3/h4,7,9,12-13H,5-6,8H2,1-3H3. The average Bonchev–Trinajstić information content (AvgIpc) is 2.70. The van der Waals surface area contributed by atoms with Crippen molar-refractivity contribution in [2.24, 2.45) is 17.3 Å². The predicted octanol–water partition coefficient (Wildman–Crippen LogP) is 3.51. The largest absolute Gasteiger partial charge is 0.295 e. The normalized spacial score (nSPS) is 34.3. The van der Waals surface area contributed by atoms with Gasteiger partial charge in [0.2, 0.25) is 0 Å². The van der Waals surface area contributed by atoms with Crippen molar-refractivity contribution in [2.75, 3.05) is 0 Å². The number of fused-ring (bicyclic) bond motifs is 1. The van der Waals surface area contributed by atoms with E-state index in [-0.39, 0.29) is 5.78 Å². The lowest BCUT2D eigenvalue weighted by Gasteiger charge is -2.03. The number of carbonyl (C=O) groups excluding carboxylic acids is 1. The Balaban J connectivity index is 2.15. The van der Waals surface area contributed by atoms with Crippen LogP contribution in [0.15, 0.2) is 23.8 Å². The van der Waals surface area contributed by atoms with Crippen LogP contribution in [0.5, 0.6) is 0 Å². The van der Waals surface area contributed by atoms with Crippen molar-refractivity contribution in [3.8, 4) is 0 Å². The van der Waals surface area contributed by atoms with Gasteiger partial charge in [0.05, 0.1) is 0 Å². The molecule has 1 heteroatoms. The number of carbonyl (C=O) groups is 1. The first-order valence-electron chi connectivity index (χ1n) is 5.88. The Kier molecular flexibility index (Phi) is 2.57. The van der Waals surface area contributed by atoms with Gasteiger partial charge in [-0.15, -0.1) is 0 Å². The molecular formula is C14H20O. The Morgan fingerprint density at radius 1 is 1.40 bits per heavy atom. The fraction of sp³-hybridized carbons (Fsp3) is 0.643. The summed E-state index contributed by atoms with van der Waals surface area (Å²) >= 11 is 0. The molecule has 1 fully saturated rings. The maximum atomic E-state index is 11.5. The average molecular weight is 204 g/mol. The van der Waals surface area contributed by atoms with Gasteiger partial charge in [-0.1, -0.05) is 31.6 Å². The number of rotatable bonds is 0. The van der Waals surface area contributed by atoms with E-state index in [9.17, 15) is 4.79 Å². The highest BCUT2D eigenvalue weighted by molar-refractivity contribution is 5.90. The Morgan fingerprint density at radius 3 is 2.87 bits per heavy atom. The number of hydrogen-bond acceptors (Lipinski definition) is 1. The summed E-state index contributed by atoms with van der Waals surface area (Å²) in [6, 6.07) is 0. The van der Waals surface area contributed by atoms with Crippen LogP contribution in [0.4, 0.5) is 0 Å². The third-order valence-electron chi connectivity index (χ3n) is 4.13. The Hall–Kier alpha value is -0.850. The van der Waals surface area contributed by atoms with E-state index in [0.717, 1.165) is 12.3 Å². The zero-order valence-corrected chi connectivity index (χ0v) is 9.92. The Bertz CT molecular complexity index is 333. The second-order valence-electron chi connectivity index (χ2n) is 5.57. The fourth-order valence-electron chi connectivity index (χ4n) is 2.76. The van der Waals surface area contributed by atoms with Crippen molar-refractivity contribution in [1.82, 2.24) is 0 Å². The molecule has 0 bridgehead atoms. The van der Waals surface area contributed by atoms with Gasteiger partial charge < -0.3 is 0 Å². The van der Waals surface area contributed by atoms with Gasteiger partial charge in [0.1, 0.15) is 0 Å². The van der Waals surface area contributed by atoms with E-state index < -0.39 is 0 Å². The van der Waals surface area contributed by atoms with E-state index >= 15 is 0 Å². The molecule has 2 atom stereocenters. The van der Waals surface area contributed by atoms with Crippen LogP contribution >= 0.6 is 0 Å². The lowest BCUT2D eigenvalue weighted by Crippen LogP contribution is -1.93. The van der Waals surface area contributed by atoms with E-state index in [0.29, 0.717) is 17.8 Å². The lowest BCUT2D eigenvalue weighted by molar-refractivity contribution is -0.113. The summed E-state index contributed by atoms with van der Waals surface area (Å²) in [5, 5.41) is 0. The molecule has 0 aromatic carbocycles. The second kappa shape index (κ2) is 3.62. The summed E-state index contributed by atoms with van der Waals surface area (Å²) in [6.07, 6.45) is 9.04. The maximum absolute atomic E-state index is 11.5. The summed E-state index contributed by atoms with van der Waals surface area (Å²) < 4.78 is 0. The van der Waals surface area contributed by atoms with Crippen LogP contribution < -0.4 is 0 Å². The molecule has 2 unspecified atom stereocenters. The van der Waals surface area contributed by atoms with Crippen LogP contribution in [-0.2, 0) is 4.79 Å². The van der Waals surface area contributed by atoms with E-state index in [2.05, 4.69) is 32.9 Å². The van der Waals surface area contributed by atoms with Gasteiger partial charge in [-0.25, -0.2) is 0 Å². The van der Waals surface area contributed by atoms with Gasteiger partial charge in [0.25, 0.3) is 0 Å². The quantitative estimate of drug-likeness (QED) is 0.552. The maximum Gasteiger partial charge on any atom is 0.159 e. The fourth-order valence-corrected chi connectivity index (χ4v) is 2.76. The van der Waals surface area contributed by atoms with Crippen molar-refractivity contribution >= 4 is 5.78 Å². The SMILES string of the molecule is CC1=CCC(=O)C=CC2C(CC1)C2(C)C. The van der Waals surface area contributed by atoms with E-state index in [4.69, 9.17) is 0 Å². The molecule has 2 aliphatic rings. The monoisotopic (exact) mass is 204 g/mol. The van der Waals surface area contributed by atoms with Crippen LogP contribution in [0.3, 0.4) is 0 Å². The molecule has 0 heterocycles. The number of allylic oxidation sites excluding steroid dienone is 4. The first-order chi connectivity index (χ1) is 7.01. The second-order valence-corrected chi connectivity index (χ2v) is 5.57. The summed E-state index contributed by atoms with van der Waals surface area (Å²) in [4.78, 5) is 11.5. The topological polar surface area (TPSA) is 17.1 Å². The van der Waals surface area contributed by atoms with Crippen molar-refractivity contribution in [3.63, 3.8) is 0 Å². The van der Waals surface area contributed by atoms with Crippen LogP contribution in [0.1, 0.15) is 40.0 Å². The van der Waals surface area contributed by atoms with Gasteiger partial charge in [-0.05, 0) is 43.1 Å². The molecule has 1 saturated carbocycles. The Labute approximate surface area is 92.3 Å². The smallest absolute Gasteiger partial charge is 0.159 e. The van der Waals surface area contributed by atoms with E-state index in [1.54, 1.807) is 6.08 Å². The van der Waals surface area contributed by atoms with Crippen molar-refractivity contribution < 1.29 is 4.79 Å². The molecule has 0 N–H and O–H groups in total. The van der Waals surface area contributed by atoms with Crippen molar-refractivity contribution in [3.05, 3.63) is 23.8 Å². The number of ketones is 1. The third kappa shape index (κ3) is 2.06. The first kappa shape index (κ1) is 10.7. The Morgan fingerprint density at radius 2 is 2.13 bits per heavy atom. The van der Waals surface area contributed by atoms with Crippen LogP contribution in [-0.4, -0.2) is 5.78 Å².